The summed E-state index contributed by atoms with van der Waals surface area (Å²) in [4.78, 5) is 0. The number of nitrogens with zero attached hydrogens (tertiary/aromatic N) is 4. The number of ether oxygens (including phenoxy) is 2. The summed E-state index contributed by atoms with van der Waals surface area (Å²) in [6.45, 7) is 0.122. The summed E-state index contributed by atoms with van der Waals surface area (Å²) in [7, 11) is 1.55. The predicted molar refractivity (Wildman–Crippen MR) is 86.7 cm³/mol. The van der Waals surface area contributed by atoms with Gasteiger partial charge < -0.3 is 9.47 Å². The summed E-state index contributed by atoms with van der Waals surface area (Å²) >= 11 is 0. The molecule has 0 spiro atoms. The molecule has 0 unspecified atom stereocenters. The molecule has 122 valence electrons. The molecular formula is C17H15FN4O2. The molecule has 2 aromatic carbocycles. The molecule has 0 radical (unpaired) electrons. The van der Waals surface area contributed by atoms with E-state index in [1.165, 1.54) is 23.4 Å². The zero-order valence-corrected chi connectivity index (χ0v) is 13.0. The summed E-state index contributed by atoms with van der Waals surface area (Å²) in [6.07, 6.45) is 4.62. The summed E-state index contributed by atoms with van der Waals surface area (Å²) in [5.41, 5.74) is 1.30. The van der Waals surface area contributed by atoms with Crippen LogP contribution in [-0.4, -0.2) is 28.2 Å². The molecule has 0 bridgehead atoms. The Bertz CT molecular complexity index is 834. The molecule has 3 aromatic rings. The zero-order valence-electron chi connectivity index (χ0n) is 13.0. The third kappa shape index (κ3) is 3.75. The molecule has 0 aliphatic heterocycles. The van der Waals surface area contributed by atoms with E-state index in [4.69, 9.17) is 9.47 Å². The first-order valence-corrected chi connectivity index (χ1v) is 7.19. The fourth-order valence-corrected chi connectivity index (χ4v) is 2.04. The van der Waals surface area contributed by atoms with E-state index in [9.17, 15) is 4.39 Å². The number of halogens is 1. The molecule has 3 rings (SSSR count). The Morgan fingerprint density at radius 3 is 2.67 bits per heavy atom. The Morgan fingerprint density at radius 1 is 1.12 bits per heavy atom. The van der Waals surface area contributed by atoms with Gasteiger partial charge in [-0.2, -0.15) is 5.10 Å². The first-order chi connectivity index (χ1) is 11.8. The van der Waals surface area contributed by atoms with Crippen LogP contribution in [-0.2, 0) is 6.61 Å². The van der Waals surface area contributed by atoms with E-state index in [2.05, 4.69) is 15.3 Å². The van der Waals surface area contributed by atoms with Crippen LogP contribution in [0.2, 0.25) is 0 Å². The van der Waals surface area contributed by atoms with Crippen molar-refractivity contribution in [2.75, 3.05) is 7.11 Å². The fourth-order valence-electron chi connectivity index (χ4n) is 2.04. The lowest BCUT2D eigenvalue weighted by Gasteiger charge is -2.11. The fraction of sp³-hybridized carbons (Fsp3) is 0.118. The first kappa shape index (κ1) is 15.7. The van der Waals surface area contributed by atoms with Gasteiger partial charge in [-0.05, 0) is 29.8 Å². The molecule has 0 aliphatic rings. The van der Waals surface area contributed by atoms with Crippen molar-refractivity contribution in [1.29, 1.82) is 0 Å². The van der Waals surface area contributed by atoms with Crippen LogP contribution in [0.3, 0.4) is 0 Å². The van der Waals surface area contributed by atoms with Gasteiger partial charge in [-0.3, -0.25) is 0 Å². The Balaban J connectivity index is 1.73. The Hall–Kier alpha value is -3.22. The van der Waals surface area contributed by atoms with Crippen molar-refractivity contribution in [2.45, 2.75) is 6.61 Å². The summed E-state index contributed by atoms with van der Waals surface area (Å²) in [5, 5.41) is 11.5. The Kier molecular flexibility index (Phi) is 4.81. The number of hydrogen-bond donors (Lipinski definition) is 0. The van der Waals surface area contributed by atoms with Gasteiger partial charge in [0.15, 0.2) is 11.5 Å². The molecule has 0 amide bonds. The van der Waals surface area contributed by atoms with Crippen molar-refractivity contribution in [3.63, 3.8) is 0 Å². The van der Waals surface area contributed by atoms with Gasteiger partial charge in [0, 0.05) is 5.56 Å². The van der Waals surface area contributed by atoms with Crippen molar-refractivity contribution < 1.29 is 13.9 Å². The molecule has 1 heterocycles. The van der Waals surface area contributed by atoms with Crippen LogP contribution in [0.4, 0.5) is 4.39 Å². The first-order valence-electron chi connectivity index (χ1n) is 7.19. The number of rotatable bonds is 6. The Labute approximate surface area is 138 Å². The van der Waals surface area contributed by atoms with E-state index < -0.39 is 0 Å². The van der Waals surface area contributed by atoms with Crippen molar-refractivity contribution in [2.24, 2.45) is 5.10 Å². The predicted octanol–water partition coefficient (Wildman–Crippen LogP) is 2.89. The summed E-state index contributed by atoms with van der Waals surface area (Å²) in [5.74, 6) is 0.774. The third-order valence-electron chi connectivity index (χ3n) is 3.28. The molecule has 1 aromatic heterocycles. The third-order valence-corrected chi connectivity index (χ3v) is 3.28. The molecule has 24 heavy (non-hydrogen) atoms. The molecule has 7 heteroatoms. The second-order valence-corrected chi connectivity index (χ2v) is 4.88. The van der Waals surface area contributed by atoms with Crippen LogP contribution in [0.25, 0.3) is 0 Å². The lowest BCUT2D eigenvalue weighted by molar-refractivity contribution is 0.279. The van der Waals surface area contributed by atoms with Gasteiger partial charge in [0.2, 0.25) is 0 Å². The number of aromatic nitrogens is 3. The van der Waals surface area contributed by atoms with E-state index in [0.717, 1.165) is 5.56 Å². The molecule has 6 nitrogen and oxygen atoms in total. The normalized spacial score (nSPS) is 10.9. The smallest absolute Gasteiger partial charge is 0.161 e. The van der Waals surface area contributed by atoms with Crippen LogP contribution < -0.4 is 9.47 Å². The van der Waals surface area contributed by atoms with Gasteiger partial charge in [0.1, 0.15) is 25.1 Å². The quantitative estimate of drug-likeness (QED) is 0.654. The van der Waals surface area contributed by atoms with E-state index >= 15 is 0 Å². The van der Waals surface area contributed by atoms with Crippen molar-refractivity contribution in [3.8, 4) is 11.5 Å². The second-order valence-electron chi connectivity index (χ2n) is 4.88. The van der Waals surface area contributed by atoms with Crippen LogP contribution in [0.5, 0.6) is 11.5 Å². The van der Waals surface area contributed by atoms with Crippen LogP contribution >= 0.6 is 0 Å². The highest BCUT2D eigenvalue weighted by atomic mass is 19.1. The van der Waals surface area contributed by atoms with E-state index in [0.29, 0.717) is 17.1 Å². The average molecular weight is 326 g/mol. The van der Waals surface area contributed by atoms with Crippen LogP contribution in [0.1, 0.15) is 11.1 Å². The molecule has 0 atom stereocenters. The van der Waals surface area contributed by atoms with E-state index in [1.54, 1.807) is 43.7 Å². The highest BCUT2D eigenvalue weighted by Gasteiger charge is 2.07. The van der Waals surface area contributed by atoms with Gasteiger partial charge >= 0.3 is 0 Å². The molecule has 0 fully saturated rings. The molecule has 0 N–H and O–H groups in total. The van der Waals surface area contributed by atoms with Gasteiger partial charge in [0.25, 0.3) is 0 Å². The van der Waals surface area contributed by atoms with Gasteiger partial charge in [-0.15, -0.1) is 10.2 Å². The lowest BCUT2D eigenvalue weighted by atomic mass is 10.2. The summed E-state index contributed by atoms with van der Waals surface area (Å²) < 4.78 is 26.1. The number of methoxy groups -OCH3 is 1. The highest BCUT2D eigenvalue weighted by Crippen LogP contribution is 2.28. The van der Waals surface area contributed by atoms with Crippen molar-refractivity contribution >= 4 is 6.21 Å². The SMILES string of the molecule is COc1cc(/C=N/n2cnnc2)ccc1OCc1ccccc1F. The van der Waals surface area contributed by atoms with Gasteiger partial charge in [0.05, 0.1) is 13.3 Å². The van der Waals surface area contributed by atoms with E-state index in [1.807, 2.05) is 6.07 Å². The monoisotopic (exact) mass is 326 g/mol. The minimum atomic E-state index is -0.297. The standard InChI is InChI=1S/C17H15FN4O2/c1-23-17-8-13(9-21-22-11-19-20-12-22)6-7-16(17)24-10-14-4-2-3-5-15(14)18/h2-9,11-12H,10H2,1H3/b21-9+. The molecule has 0 aliphatic carbocycles. The lowest BCUT2D eigenvalue weighted by Crippen LogP contribution is -2.00. The maximum atomic E-state index is 13.6. The van der Waals surface area contributed by atoms with Gasteiger partial charge in [-0.25, -0.2) is 9.07 Å². The largest absolute Gasteiger partial charge is 0.493 e. The zero-order chi connectivity index (χ0) is 16.8. The maximum absolute atomic E-state index is 13.6. The van der Waals surface area contributed by atoms with Crippen molar-refractivity contribution in [1.82, 2.24) is 14.9 Å². The topological polar surface area (TPSA) is 61.5 Å². The number of hydrogen-bond acceptors (Lipinski definition) is 5. The minimum Gasteiger partial charge on any atom is -0.493 e. The molecule has 0 saturated carbocycles. The molecular weight excluding hydrogens is 311 g/mol. The van der Waals surface area contributed by atoms with Gasteiger partial charge in [-0.1, -0.05) is 18.2 Å². The summed E-state index contributed by atoms with van der Waals surface area (Å²) in [6, 6.07) is 11.9. The van der Waals surface area contributed by atoms with E-state index in [-0.39, 0.29) is 12.4 Å². The average Bonchev–Trinajstić information content (AvgIpc) is 3.13. The molecule has 0 saturated heterocycles. The number of benzene rings is 2. The van der Waals surface area contributed by atoms with Crippen LogP contribution in [0.15, 0.2) is 60.2 Å². The highest BCUT2D eigenvalue weighted by molar-refractivity contribution is 5.80. The second kappa shape index (κ2) is 7.36. The maximum Gasteiger partial charge on any atom is 0.161 e. The van der Waals surface area contributed by atoms with Crippen molar-refractivity contribution in [3.05, 3.63) is 72.1 Å². The van der Waals surface area contributed by atoms with Crippen LogP contribution in [0, 0.1) is 5.82 Å². The minimum absolute atomic E-state index is 0.122. The Morgan fingerprint density at radius 2 is 1.92 bits per heavy atom.